The van der Waals surface area contributed by atoms with Crippen molar-refractivity contribution in [1.29, 1.82) is 10.5 Å². The van der Waals surface area contributed by atoms with Gasteiger partial charge < -0.3 is 10.6 Å². The van der Waals surface area contributed by atoms with E-state index < -0.39 is 0 Å². The van der Waals surface area contributed by atoms with Gasteiger partial charge in [-0.15, -0.1) is 0 Å². The number of ketones is 2. The largest absolute Gasteiger partial charge is 0.350 e. The number of fused-ring (bicyclic) bond motifs is 2. The molecule has 0 spiro atoms. The molecule has 0 radical (unpaired) electrons. The second-order valence-electron chi connectivity index (χ2n) is 5.40. The van der Waals surface area contributed by atoms with Crippen molar-refractivity contribution in [3.63, 3.8) is 0 Å². The molecule has 0 saturated carbocycles. The minimum Gasteiger partial charge on any atom is -0.350 e. The third kappa shape index (κ3) is 1.81. The van der Waals surface area contributed by atoms with Crippen molar-refractivity contribution >= 4 is 22.9 Å². The second-order valence-corrected chi connectivity index (χ2v) is 5.40. The summed E-state index contributed by atoms with van der Waals surface area (Å²) in [4.78, 5) is 25.2. The van der Waals surface area contributed by atoms with Crippen molar-refractivity contribution in [2.75, 3.05) is 10.6 Å². The molecular weight excluding hydrogens is 304 g/mol. The van der Waals surface area contributed by atoms with Gasteiger partial charge in [-0.05, 0) is 36.4 Å². The van der Waals surface area contributed by atoms with Crippen molar-refractivity contribution in [2.45, 2.75) is 0 Å². The number of nitrogens with one attached hydrogen (secondary N) is 2. The standard InChI is InChI=1S/C18H8N4O2/c19-7-9-1-3-13-11(5-9)17(23)15(21-13)16-18(24)12-6-10(8-20)2-4-14(12)22-16/h1-6,21-22H/b16-15+. The highest BCUT2D eigenvalue weighted by atomic mass is 16.1. The lowest BCUT2D eigenvalue weighted by atomic mass is 10.0. The van der Waals surface area contributed by atoms with E-state index in [1.807, 2.05) is 12.1 Å². The van der Waals surface area contributed by atoms with Gasteiger partial charge in [0.05, 0.1) is 34.6 Å². The lowest BCUT2D eigenvalue weighted by Gasteiger charge is -2.03. The smallest absolute Gasteiger partial charge is 0.213 e. The molecule has 6 nitrogen and oxygen atoms in total. The van der Waals surface area contributed by atoms with E-state index in [0.29, 0.717) is 33.6 Å². The van der Waals surface area contributed by atoms with E-state index in [4.69, 9.17) is 10.5 Å². The Balaban J connectivity index is 1.80. The fourth-order valence-corrected chi connectivity index (χ4v) is 2.83. The Hall–Kier alpha value is -3.90. The van der Waals surface area contributed by atoms with Crippen LogP contribution in [-0.2, 0) is 0 Å². The summed E-state index contributed by atoms with van der Waals surface area (Å²) >= 11 is 0. The molecular formula is C18H8N4O2. The summed E-state index contributed by atoms with van der Waals surface area (Å²) in [5.41, 5.74) is 2.90. The number of carbonyl (C=O) groups excluding carboxylic acids is 2. The lowest BCUT2D eigenvalue weighted by Crippen LogP contribution is -2.13. The highest BCUT2D eigenvalue weighted by Crippen LogP contribution is 2.35. The molecule has 0 fully saturated rings. The topological polar surface area (TPSA) is 106 Å². The molecule has 112 valence electrons. The summed E-state index contributed by atoms with van der Waals surface area (Å²) in [7, 11) is 0. The lowest BCUT2D eigenvalue weighted by molar-refractivity contribution is 0.101. The third-order valence-electron chi connectivity index (χ3n) is 4.01. The van der Waals surface area contributed by atoms with Crippen LogP contribution in [0.1, 0.15) is 31.8 Å². The van der Waals surface area contributed by atoms with Gasteiger partial charge >= 0.3 is 0 Å². The van der Waals surface area contributed by atoms with Crippen molar-refractivity contribution in [2.24, 2.45) is 0 Å². The van der Waals surface area contributed by atoms with Crippen LogP contribution in [0.4, 0.5) is 11.4 Å². The molecule has 6 heteroatoms. The number of nitriles is 2. The molecule has 0 saturated heterocycles. The van der Waals surface area contributed by atoms with Gasteiger partial charge in [-0.3, -0.25) is 9.59 Å². The Morgan fingerprint density at radius 3 is 1.50 bits per heavy atom. The van der Waals surface area contributed by atoms with Gasteiger partial charge in [0.2, 0.25) is 11.6 Å². The number of Topliss-reactive ketones (excluding diaryl/α,β-unsaturated/α-hetero) is 2. The summed E-state index contributed by atoms with van der Waals surface area (Å²) in [6.45, 7) is 0. The summed E-state index contributed by atoms with van der Waals surface area (Å²) in [5.74, 6) is -0.683. The highest BCUT2D eigenvalue weighted by molar-refractivity contribution is 6.27. The van der Waals surface area contributed by atoms with Crippen molar-refractivity contribution < 1.29 is 9.59 Å². The zero-order valence-electron chi connectivity index (χ0n) is 12.2. The van der Waals surface area contributed by atoms with E-state index in [2.05, 4.69) is 10.6 Å². The summed E-state index contributed by atoms with van der Waals surface area (Å²) < 4.78 is 0. The average molecular weight is 312 g/mol. The van der Waals surface area contributed by atoms with Crippen LogP contribution in [0, 0.1) is 22.7 Å². The molecule has 4 rings (SSSR count). The zero-order chi connectivity index (χ0) is 16.8. The second kappa shape index (κ2) is 4.80. The maximum absolute atomic E-state index is 12.6. The first-order valence-corrected chi connectivity index (χ1v) is 7.08. The minimum atomic E-state index is -0.341. The molecule has 0 unspecified atom stereocenters. The number of anilines is 2. The number of hydrogen-bond acceptors (Lipinski definition) is 6. The predicted octanol–water partition coefficient (Wildman–Crippen LogP) is 2.56. The molecule has 2 heterocycles. The van der Waals surface area contributed by atoms with Crippen LogP contribution in [0.5, 0.6) is 0 Å². The van der Waals surface area contributed by atoms with Crippen LogP contribution in [-0.4, -0.2) is 11.6 Å². The molecule has 0 aliphatic carbocycles. The SMILES string of the molecule is N#Cc1ccc2c(c1)C(=O)/C(=C1\Nc3ccc(C#N)cc3C1=O)N2. The van der Waals surface area contributed by atoms with Crippen LogP contribution >= 0.6 is 0 Å². The van der Waals surface area contributed by atoms with Gasteiger partial charge in [0.25, 0.3) is 0 Å². The van der Waals surface area contributed by atoms with Gasteiger partial charge in [0, 0.05) is 11.1 Å². The zero-order valence-corrected chi connectivity index (χ0v) is 12.2. The maximum atomic E-state index is 12.6. The number of allylic oxidation sites excluding steroid dienone is 2. The monoisotopic (exact) mass is 312 g/mol. The highest BCUT2D eigenvalue weighted by Gasteiger charge is 2.35. The molecule has 24 heavy (non-hydrogen) atoms. The van der Waals surface area contributed by atoms with Crippen LogP contribution in [0.2, 0.25) is 0 Å². The predicted molar refractivity (Wildman–Crippen MR) is 85.2 cm³/mol. The first-order valence-electron chi connectivity index (χ1n) is 7.08. The fraction of sp³-hybridized carbons (Fsp3) is 0. The summed E-state index contributed by atoms with van der Waals surface area (Å²) in [5, 5.41) is 23.8. The van der Waals surface area contributed by atoms with Gasteiger partial charge in [0.15, 0.2) is 0 Å². The van der Waals surface area contributed by atoms with Gasteiger partial charge in [0.1, 0.15) is 11.4 Å². The Kier molecular flexibility index (Phi) is 2.75. The van der Waals surface area contributed by atoms with Gasteiger partial charge in [-0.25, -0.2) is 0 Å². The van der Waals surface area contributed by atoms with Gasteiger partial charge in [-0.1, -0.05) is 0 Å². The van der Waals surface area contributed by atoms with Gasteiger partial charge in [-0.2, -0.15) is 10.5 Å². The van der Waals surface area contributed by atoms with Crippen molar-refractivity contribution in [3.05, 3.63) is 70.0 Å². The molecule has 0 amide bonds. The maximum Gasteiger partial charge on any atom is 0.213 e. The normalized spacial score (nSPS) is 17.4. The molecule has 2 aliphatic heterocycles. The molecule has 2 aliphatic rings. The molecule has 0 bridgehead atoms. The van der Waals surface area contributed by atoms with Crippen molar-refractivity contribution in [3.8, 4) is 12.1 Å². The number of hydrogen-bond donors (Lipinski definition) is 2. The molecule has 2 aromatic carbocycles. The van der Waals surface area contributed by atoms with E-state index in [0.717, 1.165) is 0 Å². The summed E-state index contributed by atoms with van der Waals surface area (Å²) in [6, 6.07) is 13.5. The van der Waals surface area contributed by atoms with Crippen LogP contribution in [0.25, 0.3) is 0 Å². The van der Waals surface area contributed by atoms with Crippen molar-refractivity contribution in [1.82, 2.24) is 0 Å². The van der Waals surface area contributed by atoms with E-state index in [1.165, 1.54) is 12.1 Å². The Bertz CT molecular complexity index is 982. The first-order chi connectivity index (χ1) is 11.6. The Labute approximate surface area is 136 Å². The first kappa shape index (κ1) is 13.7. The van der Waals surface area contributed by atoms with E-state index >= 15 is 0 Å². The molecule has 2 aromatic rings. The summed E-state index contributed by atoms with van der Waals surface area (Å²) in [6.07, 6.45) is 0. The van der Waals surface area contributed by atoms with E-state index in [1.54, 1.807) is 24.3 Å². The fourth-order valence-electron chi connectivity index (χ4n) is 2.83. The number of rotatable bonds is 0. The quantitative estimate of drug-likeness (QED) is 0.724. The van der Waals surface area contributed by atoms with E-state index in [-0.39, 0.29) is 23.0 Å². The third-order valence-corrected chi connectivity index (χ3v) is 4.01. The number of carbonyl (C=O) groups is 2. The van der Waals surface area contributed by atoms with Crippen LogP contribution in [0.3, 0.4) is 0 Å². The Morgan fingerprint density at radius 2 is 1.12 bits per heavy atom. The molecule has 2 N–H and O–H groups in total. The molecule has 0 atom stereocenters. The number of nitrogens with zero attached hydrogens (tertiary/aromatic N) is 2. The minimum absolute atomic E-state index is 0.153. The molecule has 0 aromatic heterocycles. The number of benzene rings is 2. The Morgan fingerprint density at radius 1 is 0.708 bits per heavy atom. The van der Waals surface area contributed by atoms with Crippen LogP contribution < -0.4 is 10.6 Å². The van der Waals surface area contributed by atoms with Crippen LogP contribution in [0.15, 0.2) is 47.8 Å². The van der Waals surface area contributed by atoms with E-state index in [9.17, 15) is 9.59 Å². The average Bonchev–Trinajstić information content (AvgIpc) is 3.11.